The van der Waals surface area contributed by atoms with Gasteiger partial charge >= 0.3 is 0 Å². The lowest BCUT2D eigenvalue weighted by molar-refractivity contribution is 0.133. The quantitative estimate of drug-likeness (QED) is 0.841. The molecule has 0 unspecified atom stereocenters. The Morgan fingerprint density at radius 1 is 1.29 bits per heavy atom. The van der Waals surface area contributed by atoms with Crippen molar-refractivity contribution in [2.75, 3.05) is 32.1 Å². The Balaban J connectivity index is 2.06. The highest BCUT2D eigenvalue weighted by molar-refractivity contribution is 5.45. The molecule has 17 heavy (non-hydrogen) atoms. The van der Waals surface area contributed by atoms with Crippen molar-refractivity contribution in [2.24, 2.45) is 0 Å². The van der Waals surface area contributed by atoms with Crippen LogP contribution in [0.2, 0.25) is 0 Å². The van der Waals surface area contributed by atoms with E-state index >= 15 is 0 Å². The number of piperidine rings is 1. The van der Waals surface area contributed by atoms with Gasteiger partial charge in [-0.25, -0.2) is 4.39 Å². The van der Waals surface area contributed by atoms with E-state index < -0.39 is 0 Å². The molecule has 0 saturated carbocycles. The zero-order chi connectivity index (χ0) is 12.3. The summed E-state index contributed by atoms with van der Waals surface area (Å²) in [6, 6.07) is 6.29. The summed E-state index contributed by atoms with van der Waals surface area (Å²) in [6.07, 6.45) is 1.80. The van der Waals surface area contributed by atoms with Gasteiger partial charge in [-0.05, 0) is 44.2 Å². The molecule has 1 heterocycles. The summed E-state index contributed by atoms with van der Waals surface area (Å²) < 4.78 is 12.8. The van der Waals surface area contributed by atoms with E-state index in [1.807, 2.05) is 0 Å². The summed E-state index contributed by atoms with van der Waals surface area (Å²) in [7, 11) is 2.08. The van der Waals surface area contributed by atoms with Crippen molar-refractivity contribution in [2.45, 2.75) is 18.4 Å². The average Bonchev–Trinajstić information content (AvgIpc) is 2.35. The van der Waals surface area contributed by atoms with Gasteiger partial charge in [0.1, 0.15) is 5.82 Å². The van der Waals surface area contributed by atoms with E-state index in [1.54, 1.807) is 12.1 Å². The van der Waals surface area contributed by atoms with Gasteiger partial charge in [0.15, 0.2) is 0 Å². The molecule has 1 aromatic carbocycles. The van der Waals surface area contributed by atoms with Crippen LogP contribution in [0.1, 0.15) is 12.8 Å². The zero-order valence-corrected chi connectivity index (χ0v) is 10.1. The lowest BCUT2D eigenvalue weighted by Crippen LogP contribution is -2.50. The monoisotopic (exact) mass is 238 g/mol. The summed E-state index contributed by atoms with van der Waals surface area (Å²) >= 11 is 0. The van der Waals surface area contributed by atoms with Gasteiger partial charge in [-0.15, -0.1) is 0 Å². The number of hydrogen-bond donors (Lipinski definition) is 2. The fourth-order valence-corrected chi connectivity index (χ4v) is 2.21. The van der Waals surface area contributed by atoms with Crippen molar-refractivity contribution in [1.29, 1.82) is 0 Å². The molecule has 0 atom stereocenters. The minimum atomic E-state index is -0.260. The molecule has 1 aliphatic rings. The molecular weight excluding hydrogens is 219 g/mol. The lowest BCUT2D eigenvalue weighted by atomic mass is 9.88. The maximum absolute atomic E-state index is 12.8. The summed E-state index contributed by atoms with van der Waals surface area (Å²) in [5.74, 6) is -0.239. The summed E-state index contributed by atoms with van der Waals surface area (Å²) in [5.41, 5.74) is 0.606. The van der Waals surface area contributed by atoms with Gasteiger partial charge in [0.25, 0.3) is 0 Å². The molecule has 0 spiro atoms. The van der Waals surface area contributed by atoms with Crippen LogP contribution in [0.25, 0.3) is 0 Å². The van der Waals surface area contributed by atoms with Gasteiger partial charge in [-0.2, -0.15) is 0 Å². The van der Waals surface area contributed by atoms with Crippen molar-refractivity contribution >= 4 is 5.69 Å². The van der Waals surface area contributed by atoms with Crippen LogP contribution in [0, 0.1) is 5.82 Å². The first-order chi connectivity index (χ1) is 8.13. The van der Waals surface area contributed by atoms with Crippen molar-refractivity contribution in [3.8, 4) is 0 Å². The number of rotatable bonds is 3. The highest BCUT2D eigenvalue weighted by Crippen LogP contribution is 2.26. The Bertz CT molecular complexity index is 358. The fraction of sp³-hybridized carbons (Fsp3) is 0.538. The van der Waals surface area contributed by atoms with Crippen LogP contribution >= 0.6 is 0 Å². The molecule has 0 bridgehead atoms. The normalized spacial score (nSPS) is 20.2. The van der Waals surface area contributed by atoms with Crippen molar-refractivity contribution in [3.05, 3.63) is 30.1 Å². The number of aliphatic hydroxyl groups excluding tert-OH is 1. The second-order valence-electron chi connectivity index (χ2n) is 4.87. The zero-order valence-electron chi connectivity index (χ0n) is 10.1. The third kappa shape index (κ3) is 2.96. The fourth-order valence-electron chi connectivity index (χ4n) is 2.21. The SMILES string of the molecule is CN1CCC(CO)(Nc2ccc(F)cc2)CC1. The third-order valence-electron chi connectivity index (χ3n) is 3.50. The van der Waals surface area contributed by atoms with Gasteiger partial charge in [0.05, 0.1) is 12.1 Å². The summed E-state index contributed by atoms with van der Waals surface area (Å²) in [6.45, 7) is 2.04. The molecule has 1 fully saturated rings. The first kappa shape index (κ1) is 12.3. The molecule has 2 rings (SSSR count). The second-order valence-corrected chi connectivity index (χ2v) is 4.87. The van der Waals surface area contributed by atoms with E-state index in [0.29, 0.717) is 0 Å². The topological polar surface area (TPSA) is 35.5 Å². The largest absolute Gasteiger partial charge is 0.394 e. The number of nitrogens with one attached hydrogen (secondary N) is 1. The minimum Gasteiger partial charge on any atom is -0.394 e. The number of aliphatic hydroxyl groups is 1. The molecule has 2 N–H and O–H groups in total. The molecule has 3 nitrogen and oxygen atoms in total. The van der Waals surface area contributed by atoms with Crippen LogP contribution in [0.4, 0.5) is 10.1 Å². The molecule has 4 heteroatoms. The Hall–Kier alpha value is -1.13. The molecule has 0 amide bonds. The average molecular weight is 238 g/mol. The van der Waals surface area contributed by atoms with Crippen LogP contribution in [0.5, 0.6) is 0 Å². The smallest absolute Gasteiger partial charge is 0.123 e. The maximum Gasteiger partial charge on any atom is 0.123 e. The number of likely N-dealkylation sites (tertiary alicyclic amines) is 1. The van der Waals surface area contributed by atoms with E-state index in [0.717, 1.165) is 31.6 Å². The predicted molar refractivity (Wildman–Crippen MR) is 66.6 cm³/mol. The maximum atomic E-state index is 12.8. The Morgan fingerprint density at radius 2 is 1.88 bits per heavy atom. The van der Waals surface area contributed by atoms with E-state index in [1.165, 1.54) is 12.1 Å². The van der Waals surface area contributed by atoms with Crippen LogP contribution in [0.15, 0.2) is 24.3 Å². The highest BCUT2D eigenvalue weighted by Gasteiger charge is 2.32. The van der Waals surface area contributed by atoms with Crippen molar-refractivity contribution < 1.29 is 9.50 Å². The Kier molecular flexibility index (Phi) is 3.64. The molecule has 0 aliphatic carbocycles. The van der Waals surface area contributed by atoms with Crippen LogP contribution in [0.3, 0.4) is 0 Å². The molecule has 0 aromatic heterocycles. The van der Waals surface area contributed by atoms with Gasteiger partial charge in [0.2, 0.25) is 0 Å². The summed E-state index contributed by atoms with van der Waals surface area (Å²) in [5, 5.41) is 12.9. The standard InChI is InChI=1S/C13H19FN2O/c1-16-8-6-13(10-17,7-9-16)15-12-4-2-11(14)3-5-12/h2-5,15,17H,6-10H2,1H3. The highest BCUT2D eigenvalue weighted by atomic mass is 19.1. The van der Waals surface area contributed by atoms with E-state index in [4.69, 9.17) is 0 Å². The number of hydrogen-bond acceptors (Lipinski definition) is 3. The predicted octanol–water partition coefficient (Wildman–Crippen LogP) is 1.69. The van der Waals surface area contributed by atoms with E-state index in [2.05, 4.69) is 17.3 Å². The molecule has 1 aliphatic heterocycles. The molecule has 1 saturated heterocycles. The number of nitrogens with zero attached hydrogens (tertiary/aromatic N) is 1. The Labute approximate surface area is 101 Å². The first-order valence-electron chi connectivity index (χ1n) is 5.97. The van der Waals surface area contributed by atoms with Gasteiger partial charge in [0, 0.05) is 18.8 Å². The van der Waals surface area contributed by atoms with Crippen LogP contribution in [-0.4, -0.2) is 42.3 Å². The van der Waals surface area contributed by atoms with Gasteiger partial charge in [-0.3, -0.25) is 0 Å². The first-order valence-corrected chi connectivity index (χ1v) is 5.97. The van der Waals surface area contributed by atoms with Gasteiger partial charge < -0.3 is 15.3 Å². The number of anilines is 1. The molecule has 1 aromatic rings. The van der Waals surface area contributed by atoms with E-state index in [-0.39, 0.29) is 18.0 Å². The van der Waals surface area contributed by atoms with Crippen molar-refractivity contribution in [1.82, 2.24) is 4.90 Å². The molecular formula is C13H19FN2O. The minimum absolute atomic E-state index is 0.109. The summed E-state index contributed by atoms with van der Waals surface area (Å²) in [4.78, 5) is 2.25. The number of halogens is 1. The van der Waals surface area contributed by atoms with Crippen LogP contribution in [-0.2, 0) is 0 Å². The molecule has 94 valence electrons. The van der Waals surface area contributed by atoms with Gasteiger partial charge in [-0.1, -0.05) is 0 Å². The number of benzene rings is 1. The lowest BCUT2D eigenvalue weighted by Gasteiger charge is -2.40. The Morgan fingerprint density at radius 3 is 2.41 bits per heavy atom. The van der Waals surface area contributed by atoms with Crippen LogP contribution < -0.4 is 5.32 Å². The molecule has 0 radical (unpaired) electrons. The van der Waals surface area contributed by atoms with E-state index in [9.17, 15) is 9.50 Å². The third-order valence-corrected chi connectivity index (χ3v) is 3.50. The van der Waals surface area contributed by atoms with Crippen molar-refractivity contribution in [3.63, 3.8) is 0 Å². The second kappa shape index (κ2) is 5.02.